The minimum absolute atomic E-state index is 0.0357. The number of hydrazone groups is 1. The lowest BCUT2D eigenvalue weighted by molar-refractivity contribution is -0.384. The zero-order valence-corrected chi connectivity index (χ0v) is 14.2. The maximum atomic E-state index is 12.6. The summed E-state index contributed by atoms with van der Waals surface area (Å²) >= 11 is 5.68. The van der Waals surface area contributed by atoms with Gasteiger partial charge in [0.25, 0.3) is 11.6 Å². The molecule has 2 N–H and O–H groups in total. The molecule has 27 heavy (non-hydrogen) atoms. The van der Waals surface area contributed by atoms with Crippen LogP contribution in [0.15, 0.2) is 47.6 Å². The lowest BCUT2D eigenvalue weighted by Crippen LogP contribution is -2.26. The zero-order chi connectivity index (χ0) is 20.0. The summed E-state index contributed by atoms with van der Waals surface area (Å²) in [7, 11) is 0. The van der Waals surface area contributed by atoms with Crippen LogP contribution >= 0.6 is 11.6 Å². The third-order valence-corrected chi connectivity index (χ3v) is 3.53. The second-order valence-electron chi connectivity index (χ2n) is 5.19. The van der Waals surface area contributed by atoms with Gasteiger partial charge in [-0.25, -0.2) is 5.43 Å². The van der Waals surface area contributed by atoms with Crippen LogP contribution in [0.2, 0.25) is 5.02 Å². The molecular weight excluding hydrogens is 389 g/mol. The number of benzene rings is 2. The first kappa shape index (κ1) is 20.2. The minimum Gasteiger partial charge on any atom is -0.376 e. The molecule has 0 atom stereocenters. The fourth-order valence-corrected chi connectivity index (χ4v) is 2.14. The maximum Gasteiger partial charge on any atom is 0.416 e. The summed E-state index contributed by atoms with van der Waals surface area (Å²) in [5.41, 5.74) is 1.46. The van der Waals surface area contributed by atoms with E-state index in [4.69, 9.17) is 11.6 Å². The van der Waals surface area contributed by atoms with E-state index in [1.54, 1.807) is 0 Å². The summed E-state index contributed by atoms with van der Waals surface area (Å²) in [6.45, 7) is -0.320. The summed E-state index contributed by atoms with van der Waals surface area (Å²) < 4.78 is 37.9. The number of rotatable bonds is 6. The van der Waals surface area contributed by atoms with Crippen molar-refractivity contribution in [2.75, 3.05) is 11.9 Å². The van der Waals surface area contributed by atoms with E-state index in [1.807, 2.05) is 0 Å². The molecule has 0 radical (unpaired) electrons. The largest absolute Gasteiger partial charge is 0.416 e. The van der Waals surface area contributed by atoms with E-state index < -0.39 is 22.6 Å². The monoisotopic (exact) mass is 400 g/mol. The second-order valence-corrected chi connectivity index (χ2v) is 5.60. The zero-order valence-electron chi connectivity index (χ0n) is 13.5. The normalized spacial score (nSPS) is 11.4. The summed E-state index contributed by atoms with van der Waals surface area (Å²) in [4.78, 5) is 21.8. The molecule has 0 aromatic heterocycles. The Balaban J connectivity index is 1.91. The molecule has 0 fully saturated rings. The van der Waals surface area contributed by atoms with Crippen LogP contribution in [0.5, 0.6) is 0 Å². The first-order valence-corrected chi connectivity index (χ1v) is 7.71. The van der Waals surface area contributed by atoms with Gasteiger partial charge in [-0.15, -0.1) is 0 Å². The van der Waals surface area contributed by atoms with E-state index in [0.717, 1.165) is 12.1 Å². The minimum atomic E-state index is -4.48. The van der Waals surface area contributed by atoms with Crippen molar-refractivity contribution in [2.24, 2.45) is 5.10 Å². The van der Waals surface area contributed by atoms with Crippen LogP contribution in [0.3, 0.4) is 0 Å². The highest BCUT2D eigenvalue weighted by molar-refractivity contribution is 6.32. The Kier molecular flexibility index (Phi) is 6.35. The quantitative estimate of drug-likeness (QED) is 0.437. The van der Waals surface area contributed by atoms with Gasteiger partial charge in [0.15, 0.2) is 0 Å². The first-order chi connectivity index (χ1) is 12.7. The highest BCUT2D eigenvalue weighted by Gasteiger charge is 2.30. The number of halogens is 4. The van der Waals surface area contributed by atoms with Crippen molar-refractivity contribution in [3.05, 3.63) is 68.7 Å². The lowest BCUT2D eigenvalue weighted by Gasteiger charge is -2.10. The van der Waals surface area contributed by atoms with Gasteiger partial charge < -0.3 is 5.32 Å². The van der Waals surface area contributed by atoms with Gasteiger partial charge in [-0.05, 0) is 24.3 Å². The van der Waals surface area contributed by atoms with Crippen LogP contribution in [0.25, 0.3) is 0 Å². The van der Waals surface area contributed by atoms with Gasteiger partial charge in [-0.1, -0.05) is 23.7 Å². The number of nitrogens with one attached hydrogen (secondary N) is 2. The van der Waals surface area contributed by atoms with Gasteiger partial charge in [-0.2, -0.15) is 18.3 Å². The Morgan fingerprint density at radius 2 is 2.00 bits per heavy atom. The molecule has 0 bridgehead atoms. The average molecular weight is 401 g/mol. The standard InChI is InChI=1S/C16H12ClF3N4O3/c17-13-5-4-10(6-14(13)24(26)27)8-22-23-15(25)9-21-12-3-1-2-11(7-12)16(18,19)20/h1-8,21H,9H2,(H,23,25)/b22-8+. The second kappa shape index (κ2) is 8.49. The number of hydrogen-bond donors (Lipinski definition) is 2. The van der Waals surface area contributed by atoms with Crippen LogP contribution < -0.4 is 10.7 Å². The molecule has 2 aromatic carbocycles. The Labute approximate surface area is 156 Å². The van der Waals surface area contributed by atoms with Crippen molar-refractivity contribution in [3.63, 3.8) is 0 Å². The molecular formula is C16H12ClF3N4O3. The predicted molar refractivity (Wildman–Crippen MR) is 93.8 cm³/mol. The number of nitrogens with zero attached hydrogens (tertiary/aromatic N) is 2. The molecule has 0 saturated heterocycles. The highest BCUT2D eigenvalue weighted by Crippen LogP contribution is 2.30. The molecule has 0 heterocycles. The molecule has 1 amide bonds. The van der Waals surface area contributed by atoms with E-state index in [0.29, 0.717) is 5.56 Å². The third-order valence-electron chi connectivity index (χ3n) is 3.21. The van der Waals surface area contributed by atoms with E-state index >= 15 is 0 Å². The van der Waals surface area contributed by atoms with Gasteiger partial charge in [-0.3, -0.25) is 14.9 Å². The van der Waals surface area contributed by atoms with E-state index in [1.165, 1.54) is 36.5 Å². The molecule has 2 aromatic rings. The Hall–Kier alpha value is -3.14. The van der Waals surface area contributed by atoms with E-state index in [2.05, 4.69) is 15.8 Å². The van der Waals surface area contributed by atoms with Crippen molar-refractivity contribution in [1.82, 2.24) is 5.43 Å². The molecule has 0 aliphatic rings. The van der Waals surface area contributed by atoms with Gasteiger partial charge in [0.1, 0.15) is 5.02 Å². The van der Waals surface area contributed by atoms with Crippen LogP contribution in [-0.2, 0) is 11.0 Å². The van der Waals surface area contributed by atoms with Gasteiger partial charge >= 0.3 is 6.18 Å². The topological polar surface area (TPSA) is 96.6 Å². The van der Waals surface area contributed by atoms with E-state index in [9.17, 15) is 28.1 Å². The van der Waals surface area contributed by atoms with E-state index in [-0.39, 0.29) is 22.9 Å². The van der Waals surface area contributed by atoms with Crippen LogP contribution in [0.1, 0.15) is 11.1 Å². The van der Waals surface area contributed by atoms with Gasteiger partial charge in [0.2, 0.25) is 0 Å². The van der Waals surface area contributed by atoms with Crippen LogP contribution in [0, 0.1) is 10.1 Å². The number of carbonyl (C=O) groups excluding carboxylic acids is 1. The molecule has 0 saturated carbocycles. The average Bonchev–Trinajstić information content (AvgIpc) is 2.60. The number of carbonyl (C=O) groups is 1. The predicted octanol–water partition coefficient (Wildman–Crippen LogP) is 3.83. The summed E-state index contributed by atoms with van der Waals surface area (Å²) in [6.07, 6.45) is -3.31. The van der Waals surface area contributed by atoms with Crippen LogP contribution in [0.4, 0.5) is 24.5 Å². The number of hydrogen-bond acceptors (Lipinski definition) is 5. The summed E-state index contributed by atoms with van der Waals surface area (Å²) in [5, 5.41) is 16.9. The fraction of sp³-hybridized carbons (Fsp3) is 0.125. The number of anilines is 1. The summed E-state index contributed by atoms with van der Waals surface area (Å²) in [5.74, 6) is -0.618. The molecule has 11 heteroatoms. The Morgan fingerprint density at radius 3 is 2.67 bits per heavy atom. The number of nitro groups is 1. The lowest BCUT2D eigenvalue weighted by atomic mass is 10.2. The molecule has 0 aliphatic heterocycles. The molecule has 0 spiro atoms. The van der Waals surface area contributed by atoms with Crippen molar-refractivity contribution in [3.8, 4) is 0 Å². The van der Waals surface area contributed by atoms with Crippen molar-refractivity contribution < 1.29 is 22.9 Å². The maximum absolute atomic E-state index is 12.6. The fourth-order valence-electron chi connectivity index (χ4n) is 1.96. The van der Waals surface area contributed by atoms with Gasteiger partial charge in [0, 0.05) is 17.3 Å². The number of nitro benzene ring substituents is 1. The first-order valence-electron chi connectivity index (χ1n) is 7.34. The molecule has 2 rings (SSSR count). The van der Waals surface area contributed by atoms with Gasteiger partial charge in [0.05, 0.1) is 23.2 Å². The number of alkyl halides is 3. The van der Waals surface area contributed by atoms with Crippen molar-refractivity contribution >= 4 is 35.1 Å². The van der Waals surface area contributed by atoms with Crippen molar-refractivity contribution in [1.29, 1.82) is 0 Å². The molecule has 0 unspecified atom stereocenters. The van der Waals surface area contributed by atoms with Crippen LogP contribution in [-0.4, -0.2) is 23.6 Å². The number of amides is 1. The smallest absolute Gasteiger partial charge is 0.376 e. The summed E-state index contributed by atoms with van der Waals surface area (Å²) in [6, 6.07) is 8.36. The molecule has 7 nitrogen and oxygen atoms in total. The molecule has 0 aliphatic carbocycles. The molecule has 142 valence electrons. The van der Waals surface area contributed by atoms with Crippen molar-refractivity contribution in [2.45, 2.75) is 6.18 Å². The third kappa shape index (κ3) is 5.96. The SMILES string of the molecule is O=C(CNc1cccc(C(F)(F)F)c1)N/N=C/c1ccc(Cl)c([N+](=O)[O-])c1. The Morgan fingerprint density at radius 1 is 1.26 bits per heavy atom. The Bertz CT molecular complexity index is 887. The highest BCUT2D eigenvalue weighted by atomic mass is 35.5.